The van der Waals surface area contributed by atoms with Crippen LogP contribution in [-0.4, -0.2) is 60.8 Å². The first-order chi connectivity index (χ1) is 18.6. The number of nitrogens with one attached hydrogen (secondary N) is 1. The van der Waals surface area contributed by atoms with Crippen LogP contribution < -0.4 is 15.0 Å². The maximum Gasteiger partial charge on any atom is 0.415 e. The summed E-state index contributed by atoms with van der Waals surface area (Å²) in [7, 11) is 0. The summed E-state index contributed by atoms with van der Waals surface area (Å²) in [5, 5.41) is 12.7. The molecule has 0 unspecified atom stereocenters. The summed E-state index contributed by atoms with van der Waals surface area (Å²) in [5.41, 5.74) is 3.48. The van der Waals surface area contributed by atoms with Crippen molar-refractivity contribution in [3.05, 3.63) is 54.2 Å². The van der Waals surface area contributed by atoms with E-state index in [4.69, 9.17) is 14.6 Å². The van der Waals surface area contributed by atoms with Crippen molar-refractivity contribution in [1.29, 1.82) is 0 Å². The fourth-order valence-electron chi connectivity index (χ4n) is 4.16. The Balaban J connectivity index is 1.45. The second-order valence-electron chi connectivity index (χ2n) is 9.99. The first-order valence-corrected chi connectivity index (χ1v) is 12.3. The SMILES string of the molecule is Cc1c(-c2ccc3cnc(Nc4cnc(CC(=O)O)cn4)nc3c2)cnc2c1N(C(=O)OC(C)(C)C)CCO2. The average molecular weight is 530 g/mol. The van der Waals surface area contributed by atoms with Gasteiger partial charge >= 0.3 is 12.1 Å². The van der Waals surface area contributed by atoms with E-state index in [-0.39, 0.29) is 6.42 Å². The third kappa shape index (κ3) is 5.69. The Labute approximate surface area is 224 Å². The van der Waals surface area contributed by atoms with Crippen LogP contribution in [0.5, 0.6) is 5.88 Å². The Kier molecular flexibility index (Phi) is 6.69. The van der Waals surface area contributed by atoms with E-state index in [0.717, 1.165) is 22.1 Å². The average Bonchev–Trinajstić information content (AvgIpc) is 2.88. The number of fused-ring (bicyclic) bond motifs is 2. The molecule has 1 aromatic carbocycles. The van der Waals surface area contributed by atoms with Gasteiger partial charge in [-0.25, -0.2) is 24.7 Å². The van der Waals surface area contributed by atoms with E-state index in [1.54, 1.807) is 17.3 Å². The number of anilines is 3. The molecule has 39 heavy (non-hydrogen) atoms. The topological polar surface area (TPSA) is 153 Å². The summed E-state index contributed by atoms with van der Waals surface area (Å²) in [6.07, 6.45) is 5.59. The Morgan fingerprint density at radius 2 is 1.92 bits per heavy atom. The lowest BCUT2D eigenvalue weighted by molar-refractivity contribution is -0.136. The predicted molar refractivity (Wildman–Crippen MR) is 143 cm³/mol. The van der Waals surface area contributed by atoms with Crippen LogP contribution in [0.3, 0.4) is 0 Å². The van der Waals surface area contributed by atoms with E-state index < -0.39 is 17.7 Å². The van der Waals surface area contributed by atoms with E-state index in [9.17, 15) is 9.59 Å². The molecule has 4 aromatic rings. The molecule has 0 saturated carbocycles. The summed E-state index contributed by atoms with van der Waals surface area (Å²) in [5.74, 6) is 0.105. The van der Waals surface area contributed by atoms with Crippen LogP contribution in [0.15, 0.2) is 43.0 Å². The molecule has 12 nitrogen and oxygen atoms in total. The summed E-state index contributed by atoms with van der Waals surface area (Å²) in [6, 6.07) is 5.78. The van der Waals surface area contributed by atoms with E-state index >= 15 is 0 Å². The summed E-state index contributed by atoms with van der Waals surface area (Å²) in [4.78, 5) is 47.1. The number of carboxylic acid groups (broad SMARTS) is 1. The predicted octanol–water partition coefficient (Wildman–Crippen LogP) is 4.29. The minimum Gasteiger partial charge on any atom is -0.481 e. The highest BCUT2D eigenvalue weighted by Crippen LogP contribution is 2.39. The summed E-state index contributed by atoms with van der Waals surface area (Å²) in [6.45, 7) is 8.09. The molecule has 3 aromatic heterocycles. The van der Waals surface area contributed by atoms with Gasteiger partial charge < -0.3 is 19.9 Å². The highest BCUT2D eigenvalue weighted by molar-refractivity contribution is 5.94. The molecule has 0 radical (unpaired) electrons. The fourth-order valence-corrected chi connectivity index (χ4v) is 4.16. The van der Waals surface area contributed by atoms with Crippen molar-refractivity contribution in [2.24, 2.45) is 0 Å². The Morgan fingerprint density at radius 3 is 2.64 bits per heavy atom. The number of carbonyl (C=O) groups excluding carboxylic acids is 1. The van der Waals surface area contributed by atoms with Crippen LogP contribution in [-0.2, 0) is 16.0 Å². The summed E-state index contributed by atoms with van der Waals surface area (Å²) < 4.78 is 11.4. The Bertz CT molecular complexity index is 1570. The lowest BCUT2D eigenvalue weighted by Gasteiger charge is -2.32. The van der Waals surface area contributed by atoms with E-state index in [1.807, 2.05) is 45.9 Å². The molecular formula is C27H27N7O5. The van der Waals surface area contributed by atoms with Crippen molar-refractivity contribution in [1.82, 2.24) is 24.9 Å². The Hall–Kier alpha value is -4.87. The van der Waals surface area contributed by atoms with Crippen molar-refractivity contribution < 1.29 is 24.2 Å². The monoisotopic (exact) mass is 529 g/mol. The highest BCUT2D eigenvalue weighted by atomic mass is 16.6. The molecule has 12 heteroatoms. The van der Waals surface area contributed by atoms with Crippen molar-refractivity contribution in [3.8, 4) is 17.0 Å². The van der Waals surface area contributed by atoms with E-state index in [2.05, 4.69) is 30.2 Å². The first kappa shape index (κ1) is 25.8. The highest BCUT2D eigenvalue weighted by Gasteiger charge is 2.31. The van der Waals surface area contributed by atoms with Crippen LogP contribution in [0.1, 0.15) is 32.0 Å². The van der Waals surface area contributed by atoms with Gasteiger partial charge in [-0.1, -0.05) is 12.1 Å². The Morgan fingerprint density at radius 1 is 1.10 bits per heavy atom. The first-order valence-electron chi connectivity index (χ1n) is 12.3. The minimum atomic E-state index is -0.979. The van der Waals surface area contributed by atoms with Gasteiger partial charge in [-0.15, -0.1) is 0 Å². The molecule has 0 saturated heterocycles. The summed E-state index contributed by atoms with van der Waals surface area (Å²) >= 11 is 0. The van der Waals surface area contributed by atoms with Crippen LogP contribution >= 0.6 is 0 Å². The van der Waals surface area contributed by atoms with Crippen molar-refractivity contribution in [2.75, 3.05) is 23.4 Å². The number of pyridine rings is 1. The zero-order valence-electron chi connectivity index (χ0n) is 21.9. The molecule has 0 atom stereocenters. The molecule has 0 fully saturated rings. The second-order valence-corrected chi connectivity index (χ2v) is 9.99. The molecule has 0 aliphatic carbocycles. The van der Waals surface area contributed by atoms with Crippen molar-refractivity contribution >= 4 is 40.4 Å². The van der Waals surface area contributed by atoms with Crippen molar-refractivity contribution in [3.63, 3.8) is 0 Å². The van der Waals surface area contributed by atoms with Gasteiger partial charge in [0.1, 0.15) is 17.9 Å². The largest absolute Gasteiger partial charge is 0.481 e. The van der Waals surface area contributed by atoms with Gasteiger partial charge in [0.05, 0.1) is 36.6 Å². The quantitative estimate of drug-likeness (QED) is 0.380. The normalized spacial score (nSPS) is 13.0. The lowest BCUT2D eigenvalue weighted by atomic mass is 9.99. The number of nitrogens with zero attached hydrogens (tertiary/aromatic N) is 6. The van der Waals surface area contributed by atoms with Gasteiger partial charge in [0.25, 0.3) is 0 Å². The molecule has 200 valence electrons. The molecule has 1 aliphatic heterocycles. The van der Waals surface area contributed by atoms with Crippen LogP contribution in [0.25, 0.3) is 22.0 Å². The van der Waals surface area contributed by atoms with E-state index in [0.29, 0.717) is 47.7 Å². The van der Waals surface area contributed by atoms with Gasteiger partial charge in [-0.3, -0.25) is 14.7 Å². The lowest BCUT2D eigenvalue weighted by Crippen LogP contribution is -2.42. The molecule has 1 aliphatic rings. The van der Waals surface area contributed by atoms with Gasteiger partial charge in [0.2, 0.25) is 11.8 Å². The minimum absolute atomic E-state index is 0.207. The number of aliphatic carboxylic acids is 1. The van der Waals surface area contributed by atoms with Gasteiger partial charge in [0.15, 0.2) is 5.82 Å². The zero-order valence-corrected chi connectivity index (χ0v) is 21.9. The maximum absolute atomic E-state index is 13.0. The van der Waals surface area contributed by atoms with Crippen LogP contribution in [0.2, 0.25) is 0 Å². The van der Waals surface area contributed by atoms with Crippen LogP contribution in [0, 0.1) is 6.92 Å². The van der Waals surface area contributed by atoms with Crippen LogP contribution in [0.4, 0.5) is 22.2 Å². The number of ether oxygens (including phenoxy) is 2. The second kappa shape index (κ2) is 10.1. The molecule has 5 rings (SSSR count). The smallest absolute Gasteiger partial charge is 0.415 e. The number of rotatable bonds is 5. The number of carboxylic acids is 1. The fraction of sp³-hybridized carbons (Fsp3) is 0.296. The maximum atomic E-state index is 13.0. The van der Waals surface area contributed by atoms with Gasteiger partial charge in [-0.2, -0.15) is 0 Å². The molecule has 0 bridgehead atoms. The third-order valence-electron chi connectivity index (χ3n) is 5.88. The number of hydrogen-bond acceptors (Lipinski definition) is 10. The number of carbonyl (C=O) groups is 2. The molecule has 2 N–H and O–H groups in total. The molecular weight excluding hydrogens is 502 g/mol. The third-order valence-corrected chi connectivity index (χ3v) is 5.88. The molecule has 1 amide bonds. The molecule has 0 spiro atoms. The van der Waals surface area contributed by atoms with Crippen molar-refractivity contribution in [2.45, 2.75) is 39.7 Å². The number of benzene rings is 1. The van der Waals surface area contributed by atoms with Gasteiger partial charge in [-0.05, 0) is 44.9 Å². The number of amides is 1. The zero-order chi connectivity index (χ0) is 27.7. The number of hydrogen-bond donors (Lipinski definition) is 2. The molecule has 4 heterocycles. The number of aromatic nitrogens is 5. The van der Waals surface area contributed by atoms with Gasteiger partial charge in [0, 0.05) is 23.3 Å². The van der Waals surface area contributed by atoms with E-state index in [1.165, 1.54) is 12.4 Å². The standard InChI is InChI=1S/C27H27N7O5/c1-15-19(13-30-24-23(15)34(7-8-38-24)26(37)39-27(2,3)4)16-5-6-17-11-31-25(32-20(17)9-16)33-21-14-28-18(12-29-21)10-22(35)36/h5-6,9,11-14H,7-8,10H2,1-4H3,(H,35,36)(H,29,31,32,33).